The molecule has 1 aromatic heterocycles. The van der Waals surface area contributed by atoms with E-state index in [0.29, 0.717) is 34.2 Å². The predicted molar refractivity (Wildman–Crippen MR) is 143 cm³/mol. The number of amides is 1. The van der Waals surface area contributed by atoms with Gasteiger partial charge in [-0.1, -0.05) is 42.8 Å². The molecule has 39 heavy (non-hydrogen) atoms. The van der Waals surface area contributed by atoms with Crippen LogP contribution in [0.4, 0.5) is 23.7 Å². The number of alkyl halides is 3. The summed E-state index contributed by atoms with van der Waals surface area (Å²) in [6, 6.07) is 15.6. The van der Waals surface area contributed by atoms with Gasteiger partial charge in [0.2, 0.25) is 0 Å². The van der Waals surface area contributed by atoms with E-state index >= 15 is 0 Å². The number of aryl methyl sites for hydroxylation is 1. The van der Waals surface area contributed by atoms with E-state index in [1.54, 1.807) is 41.0 Å². The van der Waals surface area contributed by atoms with Gasteiger partial charge in [-0.2, -0.15) is 17.5 Å². The Morgan fingerprint density at radius 2 is 1.77 bits per heavy atom. The van der Waals surface area contributed by atoms with Crippen molar-refractivity contribution in [2.45, 2.75) is 32.5 Å². The van der Waals surface area contributed by atoms with Gasteiger partial charge in [0.1, 0.15) is 5.82 Å². The van der Waals surface area contributed by atoms with Crippen molar-refractivity contribution in [3.05, 3.63) is 88.2 Å². The monoisotopic (exact) mass is 580 g/mol. The Hall–Kier alpha value is -3.45. The summed E-state index contributed by atoms with van der Waals surface area (Å²) in [5, 5.41) is -0.412. The molecule has 0 aliphatic carbocycles. The second-order valence-electron chi connectivity index (χ2n) is 8.46. The summed E-state index contributed by atoms with van der Waals surface area (Å²) in [6.07, 6.45) is -4.79. The number of carbonyl (C=O) groups is 1. The lowest BCUT2D eigenvalue weighted by molar-refractivity contribution is -0.137. The summed E-state index contributed by atoms with van der Waals surface area (Å²) >= 11 is 3.32. The van der Waals surface area contributed by atoms with Crippen molar-refractivity contribution in [1.82, 2.24) is 9.55 Å². The highest BCUT2D eigenvalue weighted by Crippen LogP contribution is 2.37. The number of aromatic nitrogens is 2. The average Bonchev–Trinajstić information content (AvgIpc) is 3.26. The molecule has 0 spiro atoms. The van der Waals surface area contributed by atoms with Gasteiger partial charge in [0, 0.05) is 25.1 Å². The van der Waals surface area contributed by atoms with Crippen molar-refractivity contribution in [2.24, 2.45) is 5.73 Å². The molecular formula is C26H24ClF3N4O4S. The minimum atomic E-state index is -4.59. The molecule has 0 saturated heterocycles. The molecule has 0 saturated carbocycles. The lowest BCUT2D eigenvalue weighted by Crippen LogP contribution is -2.33. The molecule has 4 rings (SSSR count). The smallest absolute Gasteiger partial charge is 0.428 e. The summed E-state index contributed by atoms with van der Waals surface area (Å²) in [6.45, 7) is 2.08. The maximum Gasteiger partial charge on any atom is 0.428 e. The first-order chi connectivity index (χ1) is 18.5. The summed E-state index contributed by atoms with van der Waals surface area (Å²) < 4.78 is 68.8. The molecule has 1 unspecified atom stereocenters. The average molecular weight is 581 g/mol. The second kappa shape index (κ2) is 11.7. The van der Waals surface area contributed by atoms with Crippen LogP contribution < -0.4 is 10.0 Å². The quantitative estimate of drug-likeness (QED) is 0.246. The van der Waals surface area contributed by atoms with E-state index < -0.39 is 34.1 Å². The van der Waals surface area contributed by atoms with E-state index in [1.807, 2.05) is 6.92 Å². The fraction of sp³-hybridized carbons (Fsp3) is 0.231. The number of anilines is 1. The summed E-state index contributed by atoms with van der Waals surface area (Å²) in [4.78, 5) is 16.9. The van der Waals surface area contributed by atoms with E-state index in [4.69, 9.17) is 22.1 Å². The van der Waals surface area contributed by atoms with Crippen LogP contribution in [-0.2, 0) is 41.6 Å². The Morgan fingerprint density at radius 1 is 1.13 bits per heavy atom. The van der Waals surface area contributed by atoms with Crippen molar-refractivity contribution >= 4 is 45.7 Å². The zero-order valence-electron chi connectivity index (χ0n) is 20.6. The molecule has 13 heteroatoms. The zero-order chi connectivity index (χ0) is 28.3. The number of benzene rings is 3. The highest BCUT2D eigenvalue weighted by Gasteiger charge is 2.34. The van der Waals surface area contributed by atoms with Crippen molar-refractivity contribution < 1.29 is 31.5 Å². The molecule has 206 valence electrons. The number of nitrogens with two attached hydrogens (primary N) is 1. The lowest BCUT2D eigenvalue weighted by Gasteiger charge is -2.18. The SMILES string of the molecule is CCc1nc2cc(C(F)(F)F)c(Cl)cc2n1-c1ccc(CCOC(=O)N(c2ccc(CN)cc2)S(=O)O)cc1. The maximum atomic E-state index is 13.3. The van der Waals surface area contributed by atoms with E-state index in [0.717, 1.165) is 17.2 Å². The number of halogens is 4. The Balaban J connectivity index is 1.48. The third kappa shape index (κ3) is 6.25. The van der Waals surface area contributed by atoms with Gasteiger partial charge in [-0.05, 0) is 47.5 Å². The Kier molecular flexibility index (Phi) is 8.60. The molecule has 1 amide bonds. The van der Waals surface area contributed by atoms with Gasteiger partial charge >= 0.3 is 12.3 Å². The molecule has 0 bridgehead atoms. The number of hydrogen-bond donors (Lipinski definition) is 2. The van der Waals surface area contributed by atoms with Crippen molar-refractivity contribution in [2.75, 3.05) is 10.9 Å². The van der Waals surface area contributed by atoms with Crippen LogP contribution in [0.3, 0.4) is 0 Å². The maximum absolute atomic E-state index is 13.3. The summed E-state index contributed by atoms with van der Waals surface area (Å²) in [5.74, 6) is 0.568. The summed E-state index contributed by atoms with van der Waals surface area (Å²) in [5.41, 5.74) is 7.70. The van der Waals surface area contributed by atoms with E-state index in [-0.39, 0.29) is 24.4 Å². The largest absolute Gasteiger partial charge is 0.448 e. The van der Waals surface area contributed by atoms with Crippen molar-refractivity contribution in [3.63, 3.8) is 0 Å². The van der Waals surface area contributed by atoms with Crippen LogP contribution in [0.2, 0.25) is 5.02 Å². The minimum absolute atomic E-state index is 0.0587. The number of ether oxygens (including phenoxy) is 1. The van der Waals surface area contributed by atoms with Crippen molar-refractivity contribution in [1.29, 1.82) is 0 Å². The van der Waals surface area contributed by atoms with Crippen LogP contribution in [0.5, 0.6) is 0 Å². The van der Waals surface area contributed by atoms with Gasteiger partial charge in [-0.25, -0.2) is 14.0 Å². The Labute approximate surface area is 229 Å². The van der Waals surface area contributed by atoms with Crippen LogP contribution in [0.15, 0.2) is 60.7 Å². The fourth-order valence-electron chi connectivity index (χ4n) is 4.04. The highest BCUT2D eigenvalue weighted by molar-refractivity contribution is 7.81. The number of carbonyl (C=O) groups excluding carboxylic acids is 1. The van der Waals surface area contributed by atoms with Crippen molar-refractivity contribution in [3.8, 4) is 5.69 Å². The van der Waals surface area contributed by atoms with Gasteiger partial charge in [0.05, 0.1) is 33.9 Å². The van der Waals surface area contributed by atoms with E-state index in [1.165, 1.54) is 18.2 Å². The molecule has 3 aromatic carbocycles. The van der Waals surface area contributed by atoms with Gasteiger partial charge in [0.15, 0.2) is 0 Å². The predicted octanol–water partition coefficient (Wildman–Crippen LogP) is 6.04. The Morgan fingerprint density at radius 3 is 2.33 bits per heavy atom. The second-order valence-corrected chi connectivity index (χ2v) is 9.70. The molecule has 8 nitrogen and oxygen atoms in total. The molecule has 4 aromatic rings. The third-order valence-corrected chi connectivity index (χ3v) is 6.96. The van der Waals surface area contributed by atoms with Crippen LogP contribution in [0.25, 0.3) is 16.7 Å². The number of rotatable bonds is 8. The highest BCUT2D eigenvalue weighted by atomic mass is 35.5. The number of hydrogen-bond acceptors (Lipinski definition) is 5. The van der Waals surface area contributed by atoms with Crippen LogP contribution in [-0.4, -0.2) is 31.0 Å². The Bertz CT molecular complexity index is 1510. The molecule has 0 aliphatic rings. The fourth-order valence-corrected chi connectivity index (χ4v) is 4.79. The van der Waals surface area contributed by atoms with E-state index in [9.17, 15) is 26.7 Å². The number of nitrogens with zero attached hydrogens (tertiary/aromatic N) is 3. The molecule has 0 aliphatic heterocycles. The van der Waals surface area contributed by atoms with Crippen LogP contribution in [0.1, 0.15) is 29.4 Å². The van der Waals surface area contributed by atoms with Gasteiger partial charge in [-0.15, -0.1) is 0 Å². The van der Waals surface area contributed by atoms with Crippen LogP contribution >= 0.6 is 11.6 Å². The van der Waals surface area contributed by atoms with E-state index in [2.05, 4.69) is 4.98 Å². The summed E-state index contributed by atoms with van der Waals surface area (Å²) in [7, 11) is 0. The lowest BCUT2D eigenvalue weighted by atomic mass is 10.1. The normalized spacial score (nSPS) is 12.5. The zero-order valence-corrected chi connectivity index (χ0v) is 22.2. The molecule has 3 N–H and O–H groups in total. The third-order valence-electron chi connectivity index (χ3n) is 5.97. The van der Waals surface area contributed by atoms with Crippen LogP contribution in [0, 0.1) is 0 Å². The molecule has 1 heterocycles. The molecule has 0 radical (unpaired) electrons. The molecule has 0 fully saturated rings. The first-order valence-corrected chi connectivity index (χ1v) is 13.2. The first kappa shape index (κ1) is 28.6. The molecule has 1 atom stereocenters. The topological polar surface area (TPSA) is 111 Å². The number of imidazole rings is 1. The number of fused-ring (bicyclic) bond motifs is 1. The molecular weight excluding hydrogens is 557 g/mol. The minimum Gasteiger partial charge on any atom is -0.448 e. The van der Waals surface area contributed by atoms with Gasteiger partial charge in [0.25, 0.3) is 11.3 Å². The van der Waals surface area contributed by atoms with Gasteiger partial charge in [-0.3, -0.25) is 9.12 Å². The van der Waals surface area contributed by atoms with Gasteiger partial charge < -0.3 is 10.5 Å². The standard InChI is InChI=1S/C26H24ClF3N4O4S/c1-2-24-32-22-13-20(26(28,29)30)21(27)14-23(22)33(24)18-7-3-16(4-8-18)11-12-38-25(35)34(39(36)37)19-9-5-17(15-31)6-10-19/h3-10,13-14H,2,11-12,15,31H2,1H3,(H,36,37). The first-order valence-electron chi connectivity index (χ1n) is 11.8.